The third-order valence-corrected chi connectivity index (χ3v) is 8.04. The Morgan fingerprint density at radius 2 is 1.75 bits per heavy atom. The highest BCUT2D eigenvalue weighted by Crippen LogP contribution is 2.34. The van der Waals surface area contributed by atoms with Gasteiger partial charge in [0.15, 0.2) is 11.2 Å². The minimum absolute atomic E-state index is 0.145. The van der Waals surface area contributed by atoms with Crippen LogP contribution in [-0.4, -0.2) is 38.4 Å². The molecule has 0 unspecified atom stereocenters. The van der Waals surface area contributed by atoms with Crippen LogP contribution in [-0.2, 0) is 10.5 Å². The molecule has 1 aliphatic rings. The number of ether oxygens (including phenoxy) is 1. The molecule has 0 amide bonds. The van der Waals surface area contributed by atoms with Crippen LogP contribution in [0.1, 0.15) is 18.5 Å². The predicted molar refractivity (Wildman–Crippen MR) is 146 cm³/mol. The molecule has 36 heavy (non-hydrogen) atoms. The number of rotatable bonds is 5. The van der Waals surface area contributed by atoms with Gasteiger partial charge in [-0.25, -0.2) is 9.97 Å². The van der Waals surface area contributed by atoms with Gasteiger partial charge in [-0.15, -0.1) is 0 Å². The summed E-state index contributed by atoms with van der Waals surface area (Å²) in [6.07, 6.45) is 3.79. The molecule has 6 rings (SSSR count). The smallest absolute Gasteiger partial charge is 0.209 e. The van der Waals surface area contributed by atoms with Crippen molar-refractivity contribution in [3.8, 4) is 22.5 Å². The molecule has 1 aliphatic heterocycles. The van der Waals surface area contributed by atoms with Gasteiger partial charge in [0, 0.05) is 58.7 Å². The van der Waals surface area contributed by atoms with E-state index >= 15 is 0 Å². The summed E-state index contributed by atoms with van der Waals surface area (Å²) in [6, 6.07) is 19.2. The van der Waals surface area contributed by atoms with Gasteiger partial charge in [0.2, 0.25) is 5.43 Å². The van der Waals surface area contributed by atoms with Crippen LogP contribution in [0.15, 0.2) is 71.7 Å². The number of nitrogens with one attached hydrogen (secondary N) is 1. The Balaban J connectivity index is 1.48. The Morgan fingerprint density at radius 1 is 0.944 bits per heavy atom. The SMILES string of the molecule is O=c1cc(CSC2CCOCC2)[nH]c2nc(-c3ccccc3)c(-c3cc(Cl)c4ncccc4c3)nc12. The largest absolute Gasteiger partial charge is 0.381 e. The van der Waals surface area contributed by atoms with Crippen LogP contribution in [0.5, 0.6) is 0 Å². The van der Waals surface area contributed by atoms with E-state index in [9.17, 15) is 4.79 Å². The summed E-state index contributed by atoms with van der Waals surface area (Å²) in [5.74, 6) is 0.716. The predicted octanol–water partition coefficient (Wildman–Crippen LogP) is 6.27. The van der Waals surface area contributed by atoms with Gasteiger partial charge in [-0.05, 0) is 31.0 Å². The Bertz CT molecular complexity index is 1620. The van der Waals surface area contributed by atoms with Crippen molar-refractivity contribution in [2.45, 2.75) is 23.8 Å². The van der Waals surface area contributed by atoms with Crippen molar-refractivity contribution < 1.29 is 4.74 Å². The molecule has 1 saturated heterocycles. The zero-order valence-electron chi connectivity index (χ0n) is 19.4. The fourth-order valence-corrected chi connectivity index (χ4v) is 5.89. The number of thioether (sulfide) groups is 1. The molecule has 0 saturated carbocycles. The number of hydrogen-bond acceptors (Lipinski definition) is 6. The van der Waals surface area contributed by atoms with E-state index in [1.165, 1.54) is 0 Å². The second-order valence-electron chi connectivity index (χ2n) is 8.80. The Morgan fingerprint density at radius 3 is 2.58 bits per heavy atom. The molecule has 1 fully saturated rings. The highest BCUT2D eigenvalue weighted by atomic mass is 35.5. The van der Waals surface area contributed by atoms with E-state index in [-0.39, 0.29) is 5.43 Å². The van der Waals surface area contributed by atoms with Crippen LogP contribution in [0.25, 0.3) is 44.6 Å². The Kier molecular flexibility index (Phi) is 6.44. The average molecular weight is 515 g/mol. The lowest BCUT2D eigenvalue weighted by atomic mass is 10.0. The lowest BCUT2D eigenvalue weighted by Crippen LogP contribution is -2.18. The van der Waals surface area contributed by atoms with Crippen LogP contribution in [0.2, 0.25) is 5.02 Å². The third kappa shape index (κ3) is 4.62. The molecule has 0 bridgehead atoms. The van der Waals surface area contributed by atoms with Gasteiger partial charge < -0.3 is 9.72 Å². The summed E-state index contributed by atoms with van der Waals surface area (Å²) in [4.78, 5) is 30.7. The van der Waals surface area contributed by atoms with Crippen LogP contribution in [0.3, 0.4) is 0 Å². The van der Waals surface area contributed by atoms with Crippen molar-refractivity contribution in [2.75, 3.05) is 13.2 Å². The Labute approximate surface area is 217 Å². The van der Waals surface area contributed by atoms with E-state index in [1.54, 1.807) is 12.3 Å². The fourth-order valence-electron chi connectivity index (χ4n) is 4.52. The molecule has 3 aromatic heterocycles. The average Bonchev–Trinajstić information content (AvgIpc) is 2.92. The first-order valence-electron chi connectivity index (χ1n) is 11.9. The summed E-state index contributed by atoms with van der Waals surface area (Å²) in [7, 11) is 0. The Hall–Kier alpha value is -3.26. The maximum atomic E-state index is 13.2. The number of halogens is 1. The minimum Gasteiger partial charge on any atom is -0.381 e. The highest BCUT2D eigenvalue weighted by Gasteiger charge is 2.18. The van der Waals surface area contributed by atoms with Crippen molar-refractivity contribution in [2.24, 2.45) is 0 Å². The number of fused-ring (bicyclic) bond motifs is 2. The van der Waals surface area contributed by atoms with Crippen LogP contribution < -0.4 is 5.43 Å². The van der Waals surface area contributed by atoms with E-state index in [0.29, 0.717) is 38.6 Å². The molecule has 4 heterocycles. The first-order chi connectivity index (χ1) is 17.7. The van der Waals surface area contributed by atoms with Gasteiger partial charge in [0.1, 0.15) is 0 Å². The lowest BCUT2D eigenvalue weighted by molar-refractivity contribution is 0.1000. The molecule has 0 atom stereocenters. The fraction of sp³-hybridized carbons (Fsp3) is 0.214. The van der Waals surface area contributed by atoms with E-state index < -0.39 is 0 Å². The molecular weight excluding hydrogens is 492 g/mol. The zero-order chi connectivity index (χ0) is 24.5. The second-order valence-corrected chi connectivity index (χ2v) is 10.5. The van der Waals surface area contributed by atoms with Gasteiger partial charge in [-0.2, -0.15) is 11.8 Å². The van der Waals surface area contributed by atoms with E-state index in [0.717, 1.165) is 53.8 Å². The maximum Gasteiger partial charge on any atom is 0.209 e. The first-order valence-corrected chi connectivity index (χ1v) is 13.3. The quantitative estimate of drug-likeness (QED) is 0.298. The van der Waals surface area contributed by atoms with Crippen molar-refractivity contribution in [1.82, 2.24) is 19.9 Å². The number of pyridine rings is 2. The number of hydrogen-bond donors (Lipinski definition) is 1. The number of H-pyrrole nitrogens is 1. The summed E-state index contributed by atoms with van der Waals surface area (Å²) < 4.78 is 5.46. The molecule has 180 valence electrons. The van der Waals surface area contributed by atoms with Gasteiger partial charge >= 0.3 is 0 Å². The monoisotopic (exact) mass is 514 g/mol. The van der Waals surface area contributed by atoms with Gasteiger partial charge in [-0.3, -0.25) is 9.78 Å². The molecule has 0 spiro atoms. The molecule has 8 heteroatoms. The second kappa shape index (κ2) is 10.0. The van der Waals surface area contributed by atoms with Crippen molar-refractivity contribution in [3.63, 3.8) is 0 Å². The minimum atomic E-state index is -0.145. The molecule has 0 aliphatic carbocycles. The summed E-state index contributed by atoms with van der Waals surface area (Å²) in [5.41, 5.74) is 5.22. The van der Waals surface area contributed by atoms with Crippen LogP contribution in [0, 0.1) is 0 Å². The summed E-state index contributed by atoms with van der Waals surface area (Å²) in [6.45, 7) is 1.60. The number of benzene rings is 2. The normalized spacial score (nSPS) is 14.5. The van der Waals surface area contributed by atoms with Crippen LogP contribution >= 0.6 is 23.4 Å². The van der Waals surface area contributed by atoms with E-state index in [2.05, 4.69) is 9.97 Å². The van der Waals surface area contributed by atoms with Gasteiger partial charge in [-0.1, -0.05) is 48.0 Å². The first kappa shape index (κ1) is 23.2. The zero-order valence-corrected chi connectivity index (χ0v) is 21.0. The molecular formula is C28H23ClN4O2S. The summed E-state index contributed by atoms with van der Waals surface area (Å²) >= 11 is 8.44. The maximum absolute atomic E-state index is 13.2. The standard InChI is InChI=1S/C28H23ClN4O2S/c29-22-14-19(13-18-7-4-10-30-24(18)22)26-25(17-5-2-1-3-6-17)33-28-27(32-26)23(34)15-20(31-28)16-36-21-8-11-35-12-9-21/h1-7,10,13-15,21H,8-9,11-12,16H2,(H,31,33,34). The van der Waals surface area contributed by atoms with Crippen molar-refractivity contribution >= 4 is 45.4 Å². The highest BCUT2D eigenvalue weighted by molar-refractivity contribution is 7.99. The third-order valence-electron chi connectivity index (χ3n) is 6.34. The van der Waals surface area contributed by atoms with E-state index in [4.69, 9.17) is 26.3 Å². The molecule has 6 nitrogen and oxygen atoms in total. The topological polar surface area (TPSA) is 80.8 Å². The molecule has 0 radical (unpaired) electrons. The molecule has 2 aromatic carbocycles. The van der Waals surface area contributed by atoms with Gasteiger partial charge in [0.05, 0.1) is 21.9 Å². The molecule has 5 aromatic rings. The van der Waals surface area contributed by atoms with Crippen molar-refractivity contribution in [1.29, 1.82) is 0 Å². The number of aromatic amines is 1. The van der Waals surface area contributed by atoms with Crippen molar-refractivity contribution in [3.05, 3.63) is 87.8 Å². The van der Waals surface area contributed by atoms with E-state index in [1.807, 2.05) is 66.4 Å². The lowest BCUT2D eigenvalue weighted by Gasteiger charge is -2.21. The summed E-state index contributed by atoms with van der Waals surface area (Å²) in [5, 5.41) is 1.96. The number of nitrogens with zero attached hydrogens (tertiary/aromatic N) is 3. The number of aromatic nitrogens is 4. The van der Waals surface area contributed by atoms with Crippen LogP contribution in [0.4, 0.5) is 0 Å². The molecule has 1 N–H and O–H groups in total. The van der Waals surface area contributed by atoms with Gasteiger partial charge in [0.25, 0.3) is 0 Å².